The summed E-state index contributed by atoms with van der Waals surface area (Å²) in [4.78, 5) is 14.0. The maximum Gasteiger partial charge on any atom is 0.144 e. The second-order valence-electron chi connectivity index (χ2n) is 24.3. The first kappa shape index (κ1) is 55.5. The summed E-state index contributed by atoms with van der Waals surface area (Å²) in [5, 5.41) is 3.77. The molecule has 375 valence electrons. The van der Waals surface area contributed by atoms with Crippen LogP contribution in [0.2, 0.25) is 19.6 Å². The zero-order valence-corrected chi connectivity index (χ0v) is 49.1. The number of hydrogen-bond acceptors (Lipinski definition) is 4. The third-order valence-electron chi connectivity index (χ3n) is 12.5. The minimum atomic E-state index is -1.36. The molecule has 0 aliphatic heterocycles. The van der Waals surface area contributed by atoms with Crippen molar-refractivity contribution in [2.24, 2.45) is 16.2 Å². The maximum absolute atomic E-state index is 6.49. The van der Waals surface area contributed by atoms with Gasteiger partial charge in [0.05, 0.1) is 25.2 Å². The van der Waals surface area contributed by atoms with E-state index in [0.717, 1.165) is 63.8 Å². The van der Waals surface area contributed by atoms with Gasteiger partial charge < -0.3 is 4.42 Å². The Labute approximate surface area is 446 Å². The molecule has 0 N–H and O–H groups in total. The minimum Gasteiger partial charge on any atom is -0.455 e. The molecule has 0 spiro atoms. The van der Waals surface area contributed by atoms with Crippen molar-refractivity contribution < 1.29 is 24.5 Å². The number of para-hydroxylation sites is 1. The van der Waals surface area contributed by atoms with Crippen molar-refractivity contribution in [1.82, 2.24) is 15.0 Å². The molecule has 5 aromatic carbocycles. The summed E-state index contributed by atoms with van der Waals surface area (Å²) in [6, 6.07) is 49.3. The van der Waals surface area contributed by atoms with Gasteiger partial charge in [-0.2, -0.15) is 0 Å². The first-order valence-electron chi connectivity index (χ1n) is 25.4. The van der Waals surface area contributed by atoms with Gasteiger partial charge in [-0.15, -0.1) is 0 Å². The van der Waals surface area contributed by atoms with E-state index in [1.807, 2.05) is 30.6 Å². The number of fused-ring (bicyclic) bond motifs is 3. The second kappa shape index (κ2) is 23.0. The standard InChI is InChI=1S/C31H31NO.C19H27NSi.C16H19N.Ir/c1-19-12-20(2)14-23(13-19)22-10-11-25-26-8-7-9-27(30(26)33-29(25)16-22)28-15-24(17-31(4,5)6)21(3)18-32-28;1-19(2,3)13-16-12-17(15-10-8-7-9-11-15)20-14-18(16)21(4,5)6;1-16(2,3)12-13-9-10-17-15(11-13)14-7-5-4-6-8-14;/h7-16,18H,17H2,1-6H3;7-12,14H,13H2,1-6H3;4-11H,12H2,1-3H3;. The number of aromatic nitrogens is 3. The molecule has 0 unspecified atom stereocenters. The Bertz CT molecular complexity index is 3220. The Balaban J connectivity index is 0.000000188. The number of rotatable bonds is 8. The number of aryl methyl sites for hydroxylation is 3. The van der Waals surface area contributed by atoms with Crippen molar-refractivity contribution in [1.29, 1.82) is 0 Å². The van der Waals surface area contributed by atoms with Crippen molar-refractivity contribution in [3.63, 3.8) is 0 Å². The molecule has 4 aromatic heterocycles. The van der Waals surface area contributed by atoms with Crippen molar-refractivity contribution in [2.75, 3.05) is 0 Å². The van der Waals surface area contributed by atoms with Crippen LogP contribution in [-0.4, -0.2) is 23.0 Å². The van der Waals surface area contributed by atoms with E-state index < -0.39 is 8.07 Å². The SMILES string of the molecule is CC(C)(C)Cc1cc(-c2ccccc2)ncc1[Si](C)(C)C.CC(C)(C)Cc1ccnc(-c2ccccc2)c1.Cc1cc(C)cc(-c2ccc3c(c2)oc2c(-c4cc(CC(C)(C)C)c(C)cn4)cccc23)c1.[Ir]. The number of benzene rings is 5. The largest absolute Gasteiger partial charge is 0.455 e. The first-order chi connectivity index (χ1) is 33.4. The molecule has 0 bridgehead atoms. The Kier molecular flexibility index (Phi) is 17.7. The van der Waals surface area contributed by atoms with E-state index in [2.05, 4.69) is 235 Å². The van der Waals surface area contributed by atoms with E-state index in [1.165, 1.54) is 60.8 Å². The van der Waals surface area contributed by atoms with E-state index in [0.29, 0.717) is 10.8 Å². The van der Waals surface area contributed by atoms with Crippen LogP contribution in [0.1, 0.15) is 95.7 Å². The summed E-state index contributed by atoms with van der Waals surface area (Å²) in [6.45, 7) is 34.2. The van der Waals surface area contributed by atoms with E-state index in [9.17, 15) is 0 Å². The minimum absolute atomic E-state index is 0. The molecule has 0 atom stereocenters. The predicted molar refractivity (Wildman–Crippen MR) is 308 cm³/mol. The number of hydrogen-bond donors (Lipinski definition) is 0. The number of pyridine rings is 3. The van der Waals surface area contributed by atoms with Crippen LogP contribution in [0.3, 0.4) is 0 Å². The van der Waals surface area contributed by atoms with Crippen molar-refractivity contribution >= 4 is 35.2 Å². The zero-order valence-electron chi connectivity index (χ0n) is 45.7. The fourth-order valence-corrected chi connectivity index (χ4v) is 11.0. The van der Waals surface area contributed by atoms with Gasteiger partial charge in [-0.1, -0.05) is 190 Å². The van der Waals surface area contributed by atoms with Gasteiger partial charge in [0.2, 0.25) is 0 Å². The average molecular weight is 1150 g/mol. The molecule has 0 saturated heterocycles. The fraction of sp³-hybridized carbons (Fsp3) is 0.318. The van der Waals surface area contributed by atoms with Gasteiger partial charge in [0.15, 0.2) is 0 Å². The zero-order chi connectivity index (χ0) is 51.3. The van der Waals surface area contributed by atoms with Crippen LogP contribution >= 0.6 is 0 Å². The Morgan fingerprint density at radius 3 is 1.60 bits per heavy atom. The quantitative estimate of drug-likeness (QED) is 0.142. The van der Waals surface area contributed by atoms with Gasteiger partial charge in [-0.3, -0.25) is 15.0 Å². The molecule has 0 aliphatic carbocycles. The smallest absolute Gasteiger partial charge is 0.144 e. The van der Waals surface area contributed by atoms with Crippen molar-refractivity contribution in [3.8, 4) is 44.9 Å². The molecule has 0 aliphatic rings. The van der Waals surface area contributed by atoms with E-state index >= 15 is 0 Å². The van der Waals surface area contributed by atoms with Gasteiger partial charge in [0.1, 0.15) is 11.2 Å². The van der Waals surface area contributed by atoms with Gasteiger partial charge in [0, 0.05) is 66.2 Å². The summed E-state index contributed by atoms with van der Waals surface area (Å²) in [6.07, 6.45) is 9.24. The molecule has 9 rings (SSSR count). The van der Waals surface area contributed by atoms with Crippen LogP contribution in [0.4, 0.5) is 0 Å². The molecule has 4 heterocycles. The number of nitrogens with zero attached hydrogens (tertiary/aromatic N) is 3. The van der Waals surface area contributed by atoms with Crippen LogP contribution in [0, 0.1) is 37.0 Å². The van der Waals surface area contributed by atoms with E-state index in [4.69, 9.17) is 14.4 Å². The Morgan fingerprint density at radius 2 is 1.01 bits per heavy atom. The van der Waals surface area contributed by atoms with Gasteiger partial charge in [-0.05, 0) is 137 Å². The third-order valence-corrected chi connectivity index (χ3v) is 14.5. The van der Waals surface area contributed by atoms with Crippen LogP contribution < -0.4 is 5.19 Å². The van der Waals surface area contributed by atoms with E-state index in [-0.39, 0.29) is 25.5 Å². The van der Waals surface area contributed by atoms with Crippen molar-refractivity contribution in [3.05, 3.63) is 191 Å². The molecule has 6 heteroatoms. The monoisotopic (exact) mass is 1150 g/mol. The molecule has 1 radical (unpaired) electrons. The van der Waals surface area contributed by atoms with Crippen LogP contribution in [-0.2, 0) is 39.4 Å². The fourth-order valence-electron chi connectivity index (χ4n) is 9.42. The molecule has 0 amide bonds. The molecule has 9 aromatic rings. The van der Waals surface area contributed by atoms with Crippen LogP contribution in [0.15, 0.2) is 163 Å². The first-order valence-corrected chi connectivity index (χ1v) is 28.9. The van der Waals surface area contributed by atoms with Crippen molar-refractivity contribution in [2.45, 2.75) is 122 Å². The molecule has 0 fully saturated rings. The van der Waals surface area contributed by atoms with Crippen LogP contribution in [0.25, 0.3) is 66.8 Å². The maximum atomic E-state index is 6.49. The van der Waals surface area contributed by atoms with Gasteiger partial charge in [0.25, 0.3) is 0 Å². The van der Waals surface area contributed by atoms with Gasteiger partial charge in [-0.25, -0.2) is 0 Å². The molecular weight excluding hydrogens is 1070 g/mol. The Morgan fingerprint density at radius 1 is 0.458 bits per heavy atom. The molecule has 4 nitrogen and oxygen atoms in total. The molecular formula is C66H77IrN3OSi. The normalized spacial score (nSPS) is 11.9. The summed E-state index contributed by atoms with van der Waals surface area (Å²) in [5.41, 5.74) is 19.6. The van der Waals surface area contributed by atoms with Crippen LogP contribution in [0.5, 0.6) is 0 Å². The average Bonchev–Trinajstić information content (AvgIpc) is 3.67. The van der Waals surface area contributed by atoms with E-state index in [1.54, 1.807) is 0 Å². The number of furan rings is 1. The summed E-state index contributed by atoms with van der Waals surface area (Å²) in [5.74, 6) is 0. The second-order valence-corrected chi connectivity index (χ2v) is 29.4. The summed E-state index contributed by atoms with van der Waals surface area (Å²) in [7, 11) is -1.36. The van der Waals surface area contributed by atoms with Gasteiger partial charge >= 0.3 is 0 Å². The molecule has 72 heavy (non-hydrogen) atoms. The summed E-state index contributed by atoms with van der Waals surface area (Å²) >= 11 is 0. The molecule has 0 saturated carbocycles. The topological polar surface area (TPSA) is 51.8 Å². The Hall–Kier alpha value is -5.78. The third kappa shape index (κ3) is 15.1. The predicted octanol–water partition coefficient (Wildman–Crippen LogP) is 18.0. The summed E-state index contributed by atoms with van der Waals surface area (Å²) < 4.78 is 6.49.